The Morgan fingerprint density at radius 1 is 1.19 bits per heavy atom. The average Bonchev–Trinajstić information content (AvgIpc) is 3.30. The van der Waals surface area contributed by atoms with Crippen molar-refractivity contribution in [3.8, 4) is 11.8 Å². The van der Waals surface area contributed by atoms with Crippen molar-refractivity contribution in [1.29, 1.82) is 0 Å². The first kappa shape index (κ1) is 14.2. The van der Waals surface area contributed by atoms with Gasteiger partial charge in [0.1, 0.15) is 5.60 Å². The molecule has 0 radical (unpaired) electrons. The largest absolute Gasteiger partial charge is 0.481 e. The van der Waals surface area contributed by atoms with Crippen molar-refractivity contribution in [1.82, 2.24) is 0 Å². The van der Waals surface area contributed by atoms with Crippen LogP contribution in [0.25, 0.3) is 0 Å². The van der Waals surface area contributed by atoms with Crippen molar-refractivity contribution in [3.05, 3.63) is 35.9 Å². The van der Waals surface area contributed by atoms with Gasteiger partial charge in [-0.3, -0.25) is 4.79 Å². The second kappa shape index (κ2) is 5.54. The molecule has 0 saturated heterocycles. The number of carboxylic acids is 1. The van der Waals surface area contributed by atoms with E-state index < -0.39 is 17.5 Å². The highest BCUT2D eigenvalue weighted by Gasteiger charge is 2.42. The maximum atomic E-state index is 11.5. The van der Waals surface area contributed by atoms with Gasteiger partial charge in [0.25, 0.3) is 0 Å². The van der Waals surface area contributed by atoms with Crippen LogP contribution in [0.1, 0.15) is 43.6 Å². The average molecular weight is 284 g/mol. The zero-order valence-corrected chi connectivity index (χ0v) is 12.0. The Morgan fingerprint density at radius 3 is 2.52 bits per heavy atom. The van der Waals surface area contributed by atoms with Crippen LogP contribution in [0.2, 0.25) is 0 Å². The zero-order chi connectivity index (χ0) is 14.9. The van der Waals surface area contributed by atoms with Crippen molar-refractivity contribution in [2.45, 2.75) is 43.6 Å². The summed E-state index contributed by atoms with van der Waals surface area (Å²) in [6, 6.07) is 9.64. The van der Waals surface area contributed by atoms with E-state index in [0.29, 0.717) is 25.2 Å². The predicted octanol–water partition coefficient (Wildman–Crippen LogP) is 2.80. The fraction of sp³-hybridized carbons (Fsp3) is 0.500. The number of carbonyl (C=O) groups is 1. The van der Waals surface area contributed by atoms with Gasteiger partial charge in [-0.05, 0) is 37.7 Å². The standard InChI is InChI=1S/C18H20O3/c19-17(20)15-9-11-18(21,10-8-13-6-7-13)12-16(15)14-4-2-1-3-5-14/h1-5,13,15-16,21H,6-7,9,11-12H2,(H,19,20)/t15-,16+,18?/m1/s1. The smallest absolute Gasteiger partial charge is 0.307 e. The summed E-state index contributed by atoms with van der Waals surface area (Å²) in [7, 11) is 0. The Hall–Kier alpha value is -1.79. The second-order valence-electron chi connectivity index (χ2n) is 6.28. The predicted molar refractivity (Wildman–Crippen MR) is 79.6 cm³/mol. The third-order valence-corrected chi connectivity index (χ3v) is 4.54. The summed E-state index contributed by atoms with van der Waals surface area (Å²) in [5, 5.41) is 20.2. The minimum Gasteiger partial charge on any atom is -0.481 e. The Kier molecular flexibility index (Phi) is 3.73. The summed E-state index contributed by atoms with van der Waals surface area (Å²) in [4.78, 5) is 11.5. The van der Waals surface area contributed by atoms with Gasteiger partial charge in [-0.2, -0.15) is 0 Å². The van der Waals surface area contributed by atoms with Crippen LogP contribution in [-0.4, -0.2) is 21.8 Å². The van der Waals surface area contributed by atoms with E-state index in [2.05, 4.69) is 11.8 Å². The topological polar surface area (TPSA) is 57.5 Å². The molecule has 0 spiro atoms. The highest BCUT2D eigenvalue weighted by molar-refractivity contribution is 5.71. The SMILES string of the molecule is O=C(O)[C@@H]1CCC(O)(C#CC2CC2)C[C@H]1c1ccccc1. The van der Waals surface area contributed by atoms with E-state index >= 15 is 0 Å². The second-order valence-corrected chi connectivity index (χ2v) is 6.28. The monoisotopic (exact) mass is 284 g/mol. The first-order valence-corrected chi connectivity index (χ1v) is 7.60. The lowest BCUT2D eigenvalue weighted by Gasteiger charge is -2.37. The fourth-order valence-electron chi connectivity index (χ4n) is 3.13. The summed E-state index contributed by atoms with van der Waals surface area (Å²) >= 11 is 0. The number of hydrogen-bond donors (Lipinski definition) is 2. The van der Waals surface area contributed by atoms with Crippen LogP contribution >= 0.6 is 0 Å². The number of rotatable bonds is 2. The lowest BCUT2D eigenvalue weighted by Crippen LogP contribution is -2.39. The Labute approximate surface area is 125 Å². The molecule has 21 heavy (non-hydrogen) atoms. The first-order valence-electron chi connectivity index (χ1n) is 7.60. The Bertz CT molecular complexity index is 579. The Balaban J connectivity index is 1.85. The van der Waals surface area contributed by atoms with Crippen LogP contribution in [0.5, 0.6) is 0 Å². The normalized spacial score (nSPS) is 32.0. The van der Waals surface area contributed by atoms with Crippen LogP contribution in [-0.2, 0) is 4.79 Å². The molecule has 3 nitrogen and oxygen atoms in total. The van der Waals surface area contributed by atoms with Gasteiger partial charge in [-0.1, -0.05) is 42.2 Å². The molecule has 2 aliphatic rings. The third kappa shape index (κ3) is 3.28. The molecule has 1 aromatic carbocycles. The van der Waals surface area contributed by atoms with Crippen LogP contribution in [0.4, 0.5) is 0 Å². The number of hydrogen-bond acceptors (Lipinski definition) is 2. The van der Waals surface area contributed by atoms with Gasteiger partial charge in [0, 0.05) is 11.8 Å². The highest BCUT2D eigenvalue weighted by Crippen LogP contribution is 2.43. The molecule has 1 aromatic rings. The molecule has 2 N–H and O–H groups in total. The van der Waals surface area contributed by atoms with Gasteiger partial charge in [0.2, 0.25) is 0 Å². The summed E-state index contributed by atoms with van der Waals surface area (Å²) in [5.41, 5.74) is -0.0501. The van der Waals surface area contributed by atoms with Crippen molar-refractivity contribution >= 4 is 5.97 Å². The van der Waals surface area contributed by atoms with Gasteiger partial charge in [-0.15, -0.1) is 0 Å². The van der Waals surface area contributed by atoms with Crippen LogP contribution in [0.3, 0.4) is 0 Å². The molecule has 2 fully saturated rings. The number of aliphatic hydroxyl groups is 1. The molecule has 0 aromatic heterocycles. The molecule has 3 heteroatoms. The fourth-order valence-corrected chi connectivity index (χ4v) is 3.13. The van der Waals surface area contributed by atoms with E-state index in [1.165, 1.54) is 0 Å². The van der Waals surface area contributed by atoms with Gasteiger partial charge in [0.05, 0.1) is 5.92 Å². The quantitative estimate of drug-likeness (QED) is 0.821. The summed E-state index contributed by atoms with van der Waals surface area (Å²) in [6.45, 7) is 0. The van der Waals surface area contributed by atoms with E-state index in [-0.39, 0.29) is 5.92 Å². The molecule has 3 atom stereocenters. The van der Waals surface area contributed by atoms with E-state index in [4.69, 9.17) is 0 Å². The number of carboxylic acid groups (broad SMARTS) is 1. The third-order valence-electron chi connectivity index (χ3n) is 4.54. The van der Waals surface area contributed by atoms with Crippen molar-refractivity contribution in [2.24, 2.45) is 11.8 Å². The van der Waals surface area contributed by atoms with E-state index in [0.717, 1.165) is 18.4 Å². The van der Waals surface area contributed by atoms with Gasteiger partial charge >= 0.3 is 5.97 Å². The molecular weight excluding hydrogens is 264 g/mol. The minimum absolute atomic E-state index is 0.170. The Morgan fingerprint density at radius 2 is 1.90 bits per heavy atom. The van der Waals surface area contributed by atoms with E-state index in [1.54, 1.807) is 0 Å². The molecule has 0 bridgehead atoms. The zero-order valence-electron chi connectivity index (χ0n) is 12.0. The van der Waals surface area contributed by atoms with Crippen molar-refractivity contribution < 1.29 is 15.0 Å². The van der Waals surface area contributed by atoms with Crippen LogP contribution in [0.15, 0.2) is 30.3 Å². The molecule has 0 amide bonds. The van der Waals surface area contributed by atoms with Crippen LogP contribution < -0.4 is 0 Å². The van der Waals surface area contributed by atoms with Gasteiger partial charge < -0.3 is 10.2 Å². The molecule has 0 heterocycles. The van der Waals surface area contributed by atoms with Gasteiger partial charge in [-0.25, -0.2) is 0 Å². The number of aliphatic carboxylic acids is 1. The molecule has 2 saturated carbocycles. The van der Waals surface area contributed by atoms with Crippen molar-refractivity contribution in [3.63, 3.8) is 0 Å². The molecule has 0 aliphatic heterocycles. The van der Waals surface area contributed by atoms with Crippen molar-refractivity contribution in [2.75, 3.05) is 0 Å². The molecule has 2 aliphatic carbocycles. The highest BCUT2D eigenvalue weighted by atomic mass is 16.4. The van der Waals surface area contributed by atoms with Crippen LogP contribution in [0, 0.1) is 23.7 Å². The lowest BCUT2D eigenvalue weighted by molar-refractivity contribution is -0.145. The maximum absolute atomic E-state index is 11.5. The lowest BCUT2D eigenvalue weighted by atomic mass is 9.69. The molecular formula is C18H20O3. The minimum atomic E-state index is -1.03. The van der Waals surface area contributed by atoms with Gasteiger partial charge in [0.15, 0.2) is 0 Å². The van der Waals surface area contributed by atoms with E-state index in [1.807, 2.05) is 30.3 Å². The molecule has 3 rings (SSSR count). The molecule has 110 valence electrons. The summed E-state index contributed by atoms with van der Waals surface area (Å²) in [5.74, 6) is 5.23. The maximum Gasteiger partial charge on any atom is 0.307 e. The molecule has 1 unspecified atom stereocenters. The first-order chi connectivity index (χ1) is 10.1. The van der Waals surface area contributed by atoms with E-state index in [9.17, 15) is 15.0 Å². The summed E-state index contributed by atoms with van der Waals surface area (Å²) in [6.07, 6.45) is 3.59. The summed E-state index contributed by atoms with van der Waals surface area (Å²) < 4.78 is 0. The number of benzene rings is 1.